The summed E-state index contributed by atoms with van der Waals surface area (Å²) in [5, 5.41) is 20.9. The lowest BCUT2D eigenvalue weighted by Gasteiger charge is -2.04. The van der Waals surface area contributed by atoms with Gasteiger partial charge < -0.3 is 9.84 Å². The normalized spacial score (nSPS) is 10.5. The van der Waals surface area contributed by atoms with Gasteiger partial charge in [0.25, 0.3) is 0 Å². The molecule has 0 bridgehead atoms. The fourth-order valence-corrected chi connectivity index (χ4v) is 1.92. The average Bonchev–Trinajstić information content (AvgIpc) is 2.84. The van der Waals surface area contributed by atoms with Crippen molar-refractivity contribution in [2.45, 2.75) is 5.16 Å². The minimum absolute atomic E-state index is 0.0974. The Morgan fingerprint density at radius 1 is 1.35 bits per heavy atom. The van der Waals surface area contributed by atoms with Gasteiger partial charge in [-0.05, 0) is 34.7 Å². The Bertz CT molecular complexity index is 471. The van der Waals surface area contributed by atoms with Crippen molar-refractivity contribution in [3.05, 3.63) is 24.3 Å². The summed E-state index contributed by atoms with van der Waals surface area (Å²) in [5.74, 6) is 1.35. The quantitative estimate of drug-likeness (QED) is 0.792. The summed E-state index contributed by atoms with van der Waals surface area (Å²) in [6.45, 7) is 0.0974. The summed E-state index contributed by atoms with van der Waals surface area (Å²) < 4.78 is 6.71. The van der Waals surface area contributed by atoms with Crippen molar-refractivity contribution in [2.75, 3.05) is 19.5 Å². The summed E-state index contributed by atoms with van der Waals surface area (Å²) in [6.07, 6.45) is 0. The molecule has 0 aliphatic carbocycles. The number of aromatic nitrogens is 4. The summed E-state index contributed by atoms with van der Waals surface area (Å²) in [4.78, 5) is 0. The van der Waals surface area contributed by atoms with Crippen LogP contribution >= 0.6 is 11.8 Å². The molecule has 2 rings (SSSR count). The van der Waals surface area contributed by atoms with Crippen LogP contribution in [0.2, 0.25) is 0 Å². The van der Waals surface area contributed by atoms with Crippen LogP contribution in [0.15, 0.2) is 29.4 Å². The van der Waals surface area contributed by atoms with Crippen LogP contribution in [-0.4, -0.2) is 44.8 Å². The predicted octanol–water partition coefficient (Wildman–Crippen LogP) is 0.755. The molecule has 0 radical (unpaired) electrons. The van der Waals surface area contributed by atoms with Crippen molar-refractivity contribution >= 4 is 11.8 Å². The lowest BCUT2D eigenvalue weighted by molar-refractivity contribution is 0.322. The molecule has 0 spiro atoms. The van der Waals surface area contributed by atoms with Gasteiger partial charge in [0.1, 0.15) is 5.75 Å². The third-order valence-corrected chi connectivity index (χ3v) is 2.98. The first-order valence-corrected chi connectivity index (χ1v) is 6.00. The van der Waals surface area contributed by atoms with Gasteiger partial charge in [0, 0.05) is 5.75 Å². The van der Waals surface area contributed by atoms with Gasteiger partial charge in [0.2, 0.25) is 5.16 Å². The van der Waals surface area contributed by atoms with Crippen LogP contribution in [0.25, 0.3) is 5.69 Å². The van der Waals surface area contributed by atoms with E-state index < -0.39 is 0 Å². The molecule has 1 N–H and O–H groups in total. The lowest BCUT2D eigenvalue weighted by atomic mass is 10.3. The van der Waals surface area contributed by atoms with E-state index in [1.165, 1.54) is 11.8 Å². The number of aliphatic hydroxyl groups is 1. The first-order valence-electron chi connectivity index (χ1n) is 5.01. The highest BCUT2D eigenvalue weighted by molar-refractivity contribution is 7.99. The van der Waals surface area contributed by atoms with Gasteiger partial charge in [-0.15, -0.1) is 5.10 Å². The number of methoxy groups -OCH3 is 1. The topological polar surface area (TPSA) is 73.1 Å². The summed E-state index contributed by atoms with van der Waals surface area (Å²) in [7, 11) is 1.62. The molecule has 0 fully saturated rings. The molecule has 1 aromatic heterocycles. The van der Waals surface area contributed by atoms with Gasteiger partial charge in [-0.25, -0.2) is 0 Å². The Hall–Kier alpha value is -1.60. The number of ether oxygens (including phenoxy) is 1. The number of thioether (sulfide) groups is 1. The molecule has 1 aromatic carbocycles. The molecule has 0 atom stereocenters. The number of tetrazole rings is 1. The van der Waals surface area contributed by atoms with E-state index in [-0.39, 0.29) is 6.61 Å². The Balaban J connectivity index is 2.23. The van der Waals surface area contributed by atoms with Crippen LogP contribution in [0.5, 0.6) is 5.75 Å². The van der Waals surface area contributed by atoms with Gasteiger partial charge in [-0.1, -0.05) is 11.8 Å². The lowest BCUT2D eigenvalue weighted by Crippen LogP contribution is -2.00. The second kappa shape index (κ2) is 5.65. The third-order valence-electron chi connectivity index (χ3n) is 2.08. The SMILES string of the molecule is COc1ccc(-n2nnnc2SCCO)cc1. The van der Waals surface area contributed by atoms with Crippen molar-refractivity contribution in [3.63, 3.8) is 0 Å². The zero-order valence-corrected chi connectivity index (χ0v) is 10.1. The van der Waals surface area contributed by atoms with Crippen LogP contribution in [0.1, 0.15) is 0 Å². The van der Waals surface area contributed by atoms with Crippen molar-refractivity contribution < 1.29 is 9.84 Å². The van der Waals surface area contributed by atoms with Crippen molar-refractivity contribution in [1.82, 2.24) is 20.2 Å². The largest absolute Gasteiger partial charge is 0.497 e. The fraction of sp³-hybridized carbons (Fsp3) is 0.300. The second-order valence-electron chi connectivity index (χ2n) is 3.14. The Morgan fingerprint density at radius 3 is 2.76 bits per heavy atom. The minimum atomic E-state index is 0.0974. The van der Waals surface area contributed by atoms with Gasteiger partial charge >= 0.3 is 0 Å². The fourth-order valence-electron chi connectivity index (χ4n) is 1.29. The molecule has 17 heavy (non-hydrogen) atoms. The average molecular weight is 252 g/mol. The van der Waals surface area contributed by atoms with Crippen LogP contribution in [0.4, 0.5) is 0 Å². The van der Waals surface area contributed by atoms with Crippen LogP contribution in [0.3, 0.4) is 0 Å². The number of hydrogen-bond acceptors (Lipinski definition) is 6. The third kappa shape index (κ3) is 2.75. The Kier molecular flexibility index (Phi) is 3.94. The van der Waals surface area contributed by atoms with Crippen molar-refractivity contribution in [1.29, 1.82) is 0 Å². The highest BCUT2D eigenvalue weighted by atomic mass is 32.2. The minimum Gasteiger partial charge on any atom is -0.497 e. The molecular formula is C10H12N4O2S. The standard InChI is InChI=1S/C10H12N4O2S/c1-16-9-4-2-8(3-5-9)14-10(11-12-13-14)17-7-6-15/h2-5,15H,6-7H2,1H3. The molecule has 0 amide bonds. The van der Waals surface area contributed by atoms with E-state index >= 15 is 0 Å². The molecule has 1 heterocycles. The zero-order valence-electron chi connectivity index (χ0n) is 9.28. The smallest absolute Gasteiger partial charge is 0.214 e. The highest BCUT2D eigenvalue weighted by Crippen LogP contribution is 2.19. The number of hydrogen-bond donors (Lipinski definition) is 1. The van der Waals surface area contributed by atoms with Crippen LogP contribution < -0.4 is 4.74 Å². The monoisotopic (exact) mass is 252 g/mol. The van der Waals surface area contributed by atoms with E-state index in [2.05, 4.69) is 15.5 Å². The molecule has 0 saturated heterocycles. The summed E-state index contributed by atoms with van der Waals surface area (Å²) in [5.41, 5.74) is 0.858. The molecule has 90 valence electrons. The van der Waals surface area contributed by atoms with Crippen LogP contribution in [-0.2, 0) is 0 Å². The van der Waals surface area contributed by atoms with E-state index in [0.29, 0.717) is 10.9 Å². The highest BCUT2D eigenvalue weighted by Gasteiger charge is 2.08. The van der Waals surface area contributed by atoms with Crippen molar-refractivity contribution in [3.8, 4) is 11.4 Å². The van der Waals surface area contributed by atoms with E-state index in [1.54, 1.807) is 11.8 Å². The number of benzene rings is 1. The van der Waals surface area contributed by atoms with Gasteiger partial charge in [-0.2, -0.15) is 4.68 Å². The predicted molar refractivity (Wildman–Crippen MR) is 63.5 cm³/mol. The Morgan fingerprint density at radius 2 is 2.12 bits per heavy atom. The summed E-state index contributed by atoms with van der Waals surface area (Å²) in [6, 6.07) is 7.44. The van der Waals surface area contributed by atoms with Gasteiger partial charge in [0.15, 0.2) is 0 Å². The molecule has 0 aliphatic heterocycles. The molecule has 0 saturated carbocycles. The van der Waals surface area contributed by atoms with E-state index in [0.717, 1.165) is 11.4 Å². The van der Waals surface area contributed by atoms with Crippen molar-refractivity contribution in [2.24, 2.45) is 0 Å². The molecule has 0 unspecified atom stereocenters. The number of nitrogens with zero attached hydrogens (tertiary/aromatic N) is 4. The Labute approximate surface area is 103 Å². The maximum atomic E-state index is 8.78. The van der Waals surface area contributed by atoms with Crippen LogP contribution in [0, 0.1) is 0 Å². The molecule has 6 nitrogen and oxygen atoms in total. The van der Waals surface area contributed by atoms with Gasteiger partial charge in [0.05, 0.1) is 19.4 Å². The molecular weight excluding hydrogens is 240 g/mol. The number of aliphatic hydroxyl groups excluding tert-OH is 1. The molecule has 7 heteroatoms. The second-order valence-corrected chi connectivity index (χ2v) is 4.21. The maximum absolute atomic E-state index is 8.78. The first kappa shape index (κ1) is 11.9. The van der Waals surface area contributed by atoms with Gasteiger partial charge in [-0.3, -0.25) is 0 Å². The zero-order chi connectivity index (χ0) is 12.1. The first-order chi connectivity index (χ1) is 8.35. The summed E-state index contributed by atoms with van der Waals surface area (Å²) >= 11 is 1.40. The van der Waals surface area contributed by atoms with E-state index in [4.69, 9.17) is 9.84 Å². The molecule has 2 aromatic rings. The molecule has 0 aliphatic rings. The van der Waals surface area contributed by atoms with E-state index in [1.807, 2.05) is 24.3 Å². The van der Waals surface area contributed by atoms with E-state index in [9.17, 15) is 0 Å². The number of rotatable bonds is 5. The maximum Gasteiger partial charge on any atom is 0.214 e.